The Hall–Kier alpha value is -3.12. The van der Waals surface area contributed by atoms with Crippen LogP contribution in [0, 0.1) is 0 Å². The fourth-order valence-corrected chi connectivity index (χ4v) is 6.01. The van der Waals surface area contributed by atoms with Crippen molar-refractivity contribution in [3.63, 3.8) is 0 Å². The quantitative estimate of drug-likeness (QED) is 0.172. The molecule has 0 radical (unpaired) electrons. The zero-order valence-corrected chi connectivity index (χ0v) is 21.4. The maximum Gasteiger partial charge on any atom is 0.306 e. The number of ether oxygens (including phenoxy) is 1. The van der Waals surface area contributed by atoms with Crippen LogP contribution >= 0.6 is 35.0 Å². The minimum Gasteiger partial charge on any atom is -0.465 e. The summed E-state index contributed by atoms with van der Waals surface area (Å²) in [6, 6.07) is 23.4. The third-order valence-corrected chi connectivity index (χ3v) is 8.22. The van der Waals surface area contributed by atoms with Crippen LogP contribution in [0.25, 0.3) is 11.1 Å². The molecule has 1 aromatic heterocycles. The van der Waals surface area contributed by atoms with Crippen LogP contribution in [-0.4, -0.2) is 23.8 Å². The van der Waals surface area contributed by atoms with E-state index >= 15 is 0 Å². The molecule has 0 spiro atoms. The Kier molecular flexibility index (Phi) is 7.42. The van der Waals surface area contributed by atoms with Crippen LogP contribution in [0.1, 0.15) is 39.4 Å². The summed E-state index contributed by atoms with van der Waals surface area (Å²) in [5.41, 5.74) is 5.92. The number of rotatable bonds is 8. The van der Waals surface area contributed by atoms with Crippen LogP contribution in [0.5, 0.6) is 0 Å². The normalized spacial score (nSPS) is 12.2. The summed E-state index contributed by atoms with van der Waals surface area (Å²) >= 11 is 14.1. The minimum absolute atomic E-state index is 0.00754. The molecule has 1 aliphatic carbocycles. The topological polar surface area (TPSA) is 56.3 Å². The Bertz CT molecular complexity index is 1410. The van der Waals surface area contributed by atoms with Crippen molar-refractivity contribution in [2.45, 2.75) is 28.7 Å². The van der Waals surface area contributed by atoms with Crippen molar-refractivity contribution in [1.29, 1.82) is 0 Å². The molecule has 0 saturated heterocycles. The van der Waals surface area contributed by atoms with Crippen molar-refractivity contribution in [2.24, 2.45) is 0 Å². The van der Waals surface area contributed by atoms with Gasteiger partial charge in [-0.3, -0.25) is 9.59 Å². The van der Waals surface area contributed by atoms with E-state index in [1.54, 1.807) is 24.4 Å². The Morgan fingerprint density at radius 1 is 0.944 bits per heavy atom. The molecule has 0 N–H and O–H groups in total. The van der Waals surface area contributed by atoms with Crippen LogP contribution in [0.2, 0.25) is 10.0 Å². The molecule has 4 aromatic rings. The van der Waals surface area contributed by atoms with Gasteiger partial charge in [-0.05, 0) is 58.5 Å². The first-order chi connectivity index (χ1) is 17.6. The number of nitrogens with zero attached hydrogens (tertiary/aromatic N) is 1. The number of fused-ring (bicyclic) bond motifs is 3. The molecule has 1 heterocycles. The Balaban J connectivity index is 1.29. The average Bonchev–Trinajstić information content (AvgIpc) is 3.23. The van der Waals surface area contributed by atoms with Crippen molar-refractivity contribution >= 4 is 47.2 Å². The molecule has 180 valence electrons. The van der Waals surface area contributed by atoms with Crippen LogP contribution in [0.4, 0.5) is 0 Å². The molecule has 5 rings (SSSR count). The standard InChI is InChI=1S/C29H21Cl2NO3S/c30-25-12-13-26(36-29-18(16-33)6-5-15-32-29)23(28(25)31)11-14-27(34)35-17-24-21-9-3-1-7-19(21)20-8-2-4-10-22(20)24/h1-10,12-13,15-16,24H,11,14,17H2. The highest BCUT2D eigenvalue weighted by atomic mass is 35.5. The van der Waals surface area contributed by atoms with Gasteiger partial charge in [0.1, 0.15) is 11.6 Å². The molecule has 0 atom stereocenters. The van der Waals surface area contributed by atoms with E-state index in [1.165, 1.54) is 34.0 Å². The van der Waals surface area contributed by atoms with E-state index in [-0.39, 0.29) is 24.9 Å². The number of esters is 1. The summed E-state index contributed by atoms with van der Waals surface area (Å²) in [4.78, 5) is 29.3. The lowest BCUT2D eigenvalue weighted by atomic mass is 9.98. The predicted molar refractivity (Wildman–Crippen MR) is 143 cm³/mol. The Labute approximate surface area is 223 Å². The summed E-state index contributed by atoms with van der Waals surface area (Å²) in [7, 11) is 0. The minimum atomic E-state index is -0.310. The maximum atomic E-state index is 12.8. The number of aldehydes is 1. The Morgan fingerprint density at radius 3 is 2.33 bits per heavy atom. The summed E-state index contributed by atoms with van der Waals surface area (Å²) in [5.74, 6) is -0.302. The predicted octanol–water partition coefficient (Wildman–Crippen LogP) is 7.64. The van der Waals surface area contributed by atoms with E-state index in [0.717, 1.165) is 16.7 Å². The lowest BCUT2D eigenvalue weighted by Crippen LogP contribution is -2.13. The van der Waals surface area contributed by atoms with Gasteiger partial charge in [-0.25, -0.2) is 4.98 Å². The van der Waals surface area contributed by atoms with Crippen molar-refractivity contribution < 1.29 is 14.3 Å². The van der Waals surface area contributed by atoms with E-state index < -0.39 is 0 Å². The molecule has 3 aromatic carbocycles. The molecule has 0 amide bonds. The van der Waals surface area contributed by atoms with E-state index in [4.69, 9.17) is 27.9 Å². The Morgan fingerprint density at radius 2 is 1.64 bits per heavy atom. The molecule has 1 aliphatic rings. The molecule has 0 aliphatic heterocycles. The van der Waals surface area contributed by atoms with Gasteiger partial charge in [0.25, 0.3) is 0 Å². The third kappa shape index (κ3) is 4.92. The maximum absolute atomic E-state index is 12.8. The van der Waals surface area contributed by atoms with Crippen LogP contribution in [0.15, 0.2) is 88.9 Å². The second kappa shape index (κ2) is 10.9. The SMILES string of the molecule is O=Cc1cccnc1Sc1ccc(Cl)c(Cl)c1CCC(=O)OCC1c2ccccc2-c2ccccc21. The summed E-state index contributed by atoms with van der Waals surface area (Å²) < 4.78 is 5.75. The van der Waals surface area contributed by atoms with Crippen molar-refractivity contribution in [2.75, 3.05) is 6.61 Å². The molecule has 36 heavy (non-hydrogen) atoms. The van der Waals surface area contributed by atoms with Gasteiger partial charge in [0, 0.05) is 29.0 Å². The highest BCUT2D eigenvalue weighted by Crippen LogP contribution is 2.44. The largest absolute Gasteiger partial charge is 0.465 e. The van der Waals surface area contributed by atoms with Crippen LogP contribution < -0.4 is 0 Å². The highest BCUT2D eigenvalue weighted by molar-refractivity contribution is 7.99. The molecular weight excluding hydrogens is 513 g/mol. The first kappa shape index (κ1) is 24.6. The first-order valence-corrected chi connectivity index (χ1v) is 13.0. The van der Waals surface area contributed by atoms with E-state index in [2.05, 4.69) is 29.2 Å². The fraction of sp³-hybridized carbons (Fsp3) is 0.138. The number of halogens is 2. The average molecular weight is 534 g/mol. The lowest BCUT2D eigenvalue weighted by molar-refractivity contribution is -0.143. The zero-order chi connectivity index (χ0) is 25.1. The van der Waals surface area contributed by atoms with E-state index in [0.29, 0.717) is 27.1 Å². The highest BCUT2D eigenvalue weighted by Gasteiger charge is 2.29. The molecule has 0 saturated carbocycles. The van der Waals surface area contributed by atoms with Gasteiger partial charge < -0.3 is 4.74 Å². The smallest absolute Gasteiger partial charge is 0.306 e. The van der Waals surface area contributed by atoms with Gasteiger partial charge in [-0.1, -0.05) is 83.5 Å². The van der Waals surface area contributed by atoms with Crippen LogP contribution in [0.3, 0.4) is 0 Å². The summed E-state index contributed by atoms with van der Waals surface area (Å²) in [6.07, 6.45) is 2.89. The van der Waals surface area contributed by atoms with Crippen molar-refractivity contribution in [1.82, 2.24) is 4.98 Å². The molecular formula is C29H21Cl2NO3S. The number of hydrogen-bond acceptors (Lipinski definition) is 5. The molecule has 0 fully saturated rings. The van der Waals surface area contributed by atoms with Gasteiger partial charge in [0.2, 0.25) is 0 Å². The van der Waals surface area contributed by atoms with Gasteiger partial charge in [0.05, 0.1) is 10.0 Å². The van der Waals surface area contributed by atoms with Gasteiger partial charge >= 0.3 is 5.97 Å². The number of aromatic nitrogens is 1. The third-order valence-electron chi connectivity index (χ3n) is 6.24. The molecule has 4 nitrogen and oxygen atoms in total. The number of pyridine rings is 1. The lowest BCUT2D eigenvalue weighted by Gasteiger charge is -2.15. The van der Waals surface area contributed by atoms with Crippen LogP contribution in [-0.2, 0) is 16.0 Å². The van der Waals surface area contributed by atoms with Gasteiger partial charge in [-0.15, -0.1) is 0 Å². The van der Waals surface area contributed by atoms with Gasteiger partial charge in [0.15, 0.2) is 6.29 Å². The molecule has 7 heteroatoms. The first-order valence-electron chi connectivity index (χ1n) is 11.5. The number of benzene rings is 3. The molecule has 0 bridgehead atoms. The van der Waals surface area contributed by atoms with Gasteiger partial charge in [-0.2, -0.15) is 0 Å². The van der Waals surface area contributed by atoms with Crippen molar-refractivity contribution in [3.05, 3.63) is 111 Å². The van der Waals surface area contributed by atoms with E-state index in [1.807, 2.05) is 30.3 Å². The summed E-state index contributed by atoms with van der Waals surface area (Å²) in [6.45, 7) is 0.272. The van der Waals surface area contributed by atoms with E-state index in [9.17, 15) is 9.59 Å². The number of hydrogen-bond donors (Lipinski definition) is 0. The zero-order valence-electron chi connectivity index (χ0n) is 19.1. The van der Waals surface area contributed by atoms with Crippen molar-refractivity contribution in [3.8, 4) is 11.1 Å². The summed E-state index contributed by atoms with van der Waals surface area (Å²) in [5, 5.41) is 1.35. The molecule has 0 unspecified atom stereocenters. The number of carbonyl (C=O) groups is 2. The second-order valence-corrected chi connectivity index (χ2v) is 10.2. The number of carbonyl (C=O) groups excluding carboxylic acids is 2. The monoisotopic (exact) mass is 533 g/mol. The second-order valence-electron chi connectivity index (χ2n) is 8.37. The fourth-order valence-electron chi connectivity index (χ4n) is 4.50.